The average Bonchev–Trinajstić information content (AvgIpc) is 3.28. The Kier molecular flexibility index (Phi) is 7.17. The van der Waals surface area contributed by atoms with Gasteiger partial charge in [-0.3, -0.25) is 0 Å². The lowest BCUT2D eigenvalue weighted by atomic mass is 10.1. The van der Waals surface area contributed by atoms with Crippen molar-refractivity contribution in [2.24, 2.45) is 0 Å². The van der Waals surface area contributed by atoms with E-state index in [2.05, 4.69) is 36.3 Å². The van der Waals surface area contributed by atoms with Crippen molar-refractivity contribution in [1.29, 1.82) is 0 Å². The highest BCUT2D eigenvalue weighted by Gasteiger charge is 2.23. The SMILES string of the molecule is CCC(COC)N(Cc1cccs1)c1nc(-c2ccc(Cl)cc2Cl)c(C)s1. The molecule has 0 amide bonds. The average molecular weight is 441 g/mol. The smallest absolute Gasteiger partial charge is 0.186 e. The van der Waals surface area contributed by atoms with E-state index < -0.39 is 0 Å². The first-order valence-electron chi connectivity index (χ1n) is 8.74. The summed E-state index contributed by atoms with van der Waals surface area (Å²) in [5, 5.41) is 4.35. The molecule has 1 atom stereocenters. The lowest BCUT2D eigenvalue weighted by Crippen LogP contribution is -2.37. The Hall–Kier alpha value is -1.11. The number of thiophene rings is 1. The molecule has 0 aliphatic heterocycles. The lowest BCUT2D eigenvalue weighted by Gasteiger charge is -2.30. The number of nitrogens with zero attached hydrogens (tertiary/aromatic N) is 2. The van der Waals surface area contributed by atoms with E-state index in [-0.39, 0.29) is 6.04 Å². The molecule has 0 saturated heterocycles. The third kappa shape index (κ3) is 4.84. The fraction of sp³-hybridized carbons (Fsp3) is 0.350. The summed E-state index contributed by atoms with van der Waals surface area (Å²) in [6.07, 6.45) is 0.981. The van der Waals surface area contributed by atoms with Crippen LogP contribution in [0.5, 0.6) is 0 Å². The van der Waals surface area contributed by atoms with Gasteiger partial charge in [0.25, 0.3) is 0 Å². The molecule has 7 heteroatoms. The molecule has 144 valence electrons. The zero-order valence-corrected chi connectivity index (χ0v) is 18.7. The third-order valence-electron chi connectivity index (χ3n) is 4.39. The first kappa shape index (κ1) is 20.6. The van der Waals surface area contributed by atoms with Crippen molar-refractivity contribution >= 4 is 51.0 Å². The zero-order valence-electron chi connectivity index (χ0n) is 15.5. The molecule has 3 nitrogen and oxygen atoms in total. The Morgan fingerprint density at radius 3 is 2.70 bits per heavy atom. The maximum atomic E-state index is 6.43. The maximum absolute atomic E-state index is 6.43. The summed E-state index contributed by atoms with van der Waals surface area (Å²) in [6, 6.07) is 10.1. The summed E-state index contributed by atoms with van der Waals surface area (Å²) >= 11 is 15.9. The van der Waals surface area contributed by atoms with E-state index in [1.54, 1.807) is 35.8 Å². The summed E-state index contributed by atoms with van der Waals surface area (Å²) in [5.41, 5.74) is 1.83. The predicted molar refractivity (Wildman–Crippen MR) is 119 cm³/mol. The largest absolute Gasteiger partial charge is 0.383 e. The fourth-order valence-corrected chi connectivity index (χ4v) is 5.18. The number of aryl methyl sites for hydroxylation is 1. The van der Waals surface area contributed by atoms with Gasteiger partial charge in [-0.2, -0.15) is 0 Å². The van der Waals surface area contributed by atoms with Gasteiger partial charge >= 0.3 is 0 Å². The summed E-state index contributed by atoms with van der Waals surface area (Å²) in [7, 11) is 1.75. The highest BCUT2D eigenvalue weighted by Crippen LogP contribution is 2.38. The Balaban J connectivity index is 1.99. The molecule has 0 fully saturated rings. The van der Waals surface area contributed by atoms with Gasteiger partial charge < -0.3 is 9.64 Å². The van der Waals surface area contributed by atoms with Crippen molar-refractivity contribution in [1.82, 2.24) is 4.98 Å². The van der Waals surface area contributed by atoms with Crippen molar-refractivity contribution < 1.29 is 4.74 Å². The predicted octanol–water partition coefficient (Wildman–Crippen LogP) is 6.92. The van der Waals surface area contributed by atoms with Gasteiger partial charge in [-0.05, 0) is 43.0 Å². The molecule has 0 bridgehead atoms. The van der Waals surface area contributed by atoms with Crippen LogP contribution >= 0.6 is 45.9 Å². The van der Waals surface area contributed by atoms with E-state index in [0.717, 1.165) is 34.2 Å². The summed E-state index contributed by atoms with van der Waals surface area (Å²) < 4.78 is 5.47. The quantitative estimate of drug-likeness (QED) is 0.379. The van der Waals surface area contributed by atoms with Crippen LogP contribution in [0.1, 0.15) is 23.1 Å². The van der Waals surface area contributed by atoms with Crippen LogP contribution in [0.3, 0.4) is 0 Å². The number of halogens is 2. The normalized spacial score (nSPS) is 12.3. The van der Waals surface area contributed by atoms with Crippen LogP contribution in [0.25, 0.3) is 11.3 Å². The number of hydrogen-bond acceptors (Lipinski definition) is 5. The van der Waals surface area contributed by atoms with Crippen LogP contribution in [0.2, 0.25) is 10.0 Å². The Bertz CT molecular complexity index is 880. The summed E-state index contributed by atoms with van der Waals surface area (Å²) in [5.74, 6) is 0. The molecule has 1 unspecified atom stereocenters. The Morgan fingerprint density at radius 1 is 1.26 bits per heavy atom. The van der Waals surface area contributed by atoms with E-state index in [1.807, 2.05) is 12.1 Å². The number of hydrogen-bond donors (Lipinski definition) is 0. The van der Waals surface area contributed by atoms with Gasteiger partial charge in [-0.1, -0.05) is 36.2 Å². The molecule has 0 aliphatic carbocycles. The molecule has 3 aromatic rings. The van der Waals surface area contributed by atoms with Crippen LogP contribution in [-0.2, 0) is 11.3 Å². The van der Waals surface area contributed by atoms with Crippen molar-refractivity contribution in [3.05, 3.63) is 55.5 Å². The summed E-state index contributed by atoms with van der Waals surface area (Å²) in [4.78, 5) is 9.76. The van der Waals surface area contributed by atoms with Gasteiger partial charge in [0.1, 0.15) is 0 Å². The second-order valence-corrected chi connectivity index (χ2v) is 9.31. The van der Waals surface area contributed by atoms with Gasteiger partial charge in [0.2, 0.25) is 0 Å². The molecule has 0 radical (unpaired) electrons. The molecule has 0 N–H and O–H groups in total. The van der Waals surface area contributed by atoms with Crippen LogP contribution in [0.4, 0.5) is 5.13 Å². The van der Waals surface area contributed by atoms with Gasteiger partial charge in [-0.15, -0.1) is 22.7 Å². The molecule has 0 saturated carbocycles. The minimum Gasteiger partial charge on any atom is -0.383 e. The van der Waals surface area contributed by atoms with E-state index >= 15 is 0 Å². The fourth-order valence-electron chi connectivity index (χ4n) is 2.98. The summed E-state index contributed by atoms with van der Waals surface area (Å²) in [6.45, 7) is 5.75. The van der Waals surface area contributed by atoms with E-state index in [0.29, 0.717) is 16.7 Å². The molecule has 1 aromatic carbocycles. The van der Waals surface area contributed by atoms with Crippen molar-refractivity contribution in [2.75, 3.05) is 18.6 Å². The maximum Gasteiger partial charge on any atom is 0.186 e. The number of benzene rings is 1. The lowest BCUT2D eigenvalue weighted by molar-refractivity contribution is 0.174. The van der Waals surface area contributed by atoms with E-state index in [1.165, 1.54) is 4.88 Å². The van der Waals surface area contributed by atoms with Gasteiger partial charge in [-0.25, -0.2) is 4.98 Å². The highest BCUT2D eigenvalue weighted by atomic mass is 35.5. The molecule has 2 heterocycles. The first-order valence-corrected chi connectivity index (χ1v) is 11.2. The molecule has 2 aromatic heterocycles. The standard InChI is InChI=1S/C20H22Cl2N2OS2/c1-4-15(12-25-3)24(11-16-6-5-9-26-16)20-23-19(13(2)27-20)17-8-7-14(21)10-18(17)22/h5-10,15H,4,11-12H2,1-3H3. The van der Waals surface area contributed by atoms with E-state index in [9.17, 15) is 0 Å². The van der Waals surface area contributed by atoms with Gasteiger partial charge in [0.15, 0.2) is 5.13 Å². The second-order valence-electron chi connectivity index (χ2n) is 6.25. The van der Waals surface area contributed by atoms with Crippen LogP contribution in [0, 0.1) is 6.92 Å². The number of rotatable bonds is 8. The molecule has 27 heavy (non-hydrogen) atoms. The highest BCUT2D eigenvalue weighted by molar-refractivity contribution is 7.16. The minimum atomic E-state index is 0.260. The van der Waals surface area contributed by atoms with Crippen LogP contribution in [-0.4, -0.2) is 24.7 Å². The molecule has 3 rings (SSSR count). The third-order valence-corrected chi connectivity index (χ3v) is 6.81. The number of methoxy groups -OCH3 is 1. The monoisotopic (exact) mass is 440 g/mol. The zero-order chi connectivity index (χ0) is 19.4. The number of ether oxygens (including phenoxy) is 1. The first-order chi connectivity index (χ1) is 13.0. The van der Waals surface area contributed by atoms with E-state index in [4.69, 9.17) is 32.9 Å². The molecular formula is C20H22Cl2N2OS2. The van der Waals surface area contributed by atoms with Crippen LogP contribution < -0.4 is 4.90 Å². The van der Waals surface area contributed by atoms with Gasteiger partial charge in [0, 0.05) is 27.5 Å². The number of aromatic nitrogens is 1. The van der Waals surface area contributed by atoms with Crippen molar-refractivity contribution in [3.8, 4) is 11.3 Å². The molecular weight excluding hydrogens is 419 g/mol. The van der Waals surface area contributed by atoms with Gasteiger partial charge in [0.05, 0.1) is 29.9 Å². The van der Waals surface area contributed by atoms with Crippen molar-refractivity contribution in [2.45, 2.75) is 32.9 Å². The number of thiazole rings is 1. The number of anilines is 1. The Labute approximate surface area is 178 Å². The molecule has 0 aliphatic rings. The topological polar surface area (TPSA) is 25.4 Å². The minimum absolute atomic E-state index is 0.260. The van der Waals surface area contributed by atoms with Crippen molar-refractivity contribution in [3.63, 3.8) is 0 Å². The molecule has 0 spiro atoms. The second kappa shape index (κ2) is 9.39. The Morgan fingerprint density at radius 2 is 2.07 bits per heavy atom. The van der Waals surface area contributed by atoms with Crippen LogP contribution in [0.15, 0.2) is 35.7 Å².